The standard InChI is InChI=1S/C26H25N3O4/c1-17-9-12-20(13-10-17)25(30)27-23-24(19-7-5-4-6-8-19)29(28-26(23)31)16-18-11-14-21(32-2)22(15-18)33-3/h4-16,23-24H,1-3H3,(H-,27,28,30,31)/p+1/b29-16-/t23-,24+/m0/s1. The lowest BCUT2D eigenvalue weighted by Crippen LogP contribution is -2.42. The van der Waals surface area contributed by atoms with Crippen LogP contribution in [-0.2, 0) is 4.79 Å². The Kier molecular flexibility index (Phi) is 6.40. The highest BCUT2D eigenvalue weighted by Gasteiger charge is 2.47. The fraction of sp³-hybridized carbons (Fsp3) is 0.192. The van der Waals surface area contributed by atoms with Crippen LogP contribution < -0.4 is 20.2 Å². The maximum absolute atomic E-state index is 13.0. The van der Waals surface area contributed by atoms with Gasteiger partial charge in [-0.05, 0) is 37.3 Å². The average molecular weight is 445 g/mol. The molecule has 0 radical (unpaired) electrons. The number of hydrogen-bond acceptors (Lipinski definition) is 4. The van der Waals surface area contributed by atoms with Crippen LogP contribution in [0.5, 0.6) is 11.5 Å². The normalized spacial score (nSPS) is 18.6. The first kappa shape index (κ1) is 22.1. The van der Waals surface area contributed by atoms with Crippen LogP contribution in [0, 0.1) is 6.92 Å². The largest absolute Gasteiger partial charge is 0.493 e. The van der Waals surface area contributed by atoms with Gasteiger partial charge in [-0.25, -0.2) is 0 Å². The van der Waals surface area contributed by atoms with Gasteiger partial charge >= 0.3 is 5.91 Å². The number of rotatable bonds is 6. The number of nitrogens with one attached hydrogen (secondary N) is 2. The van der Waals surface area contributed by atoms with E-state index in [0.717, 1.165) is 16.7 Å². The molecule has 3 aromatic rings. The third-order valence-corrected chi connectivity index (χ3v) is 5.57. The van der Waals surface area contributed by atoms with Crippen molar-refractivity contribution in [3.8, 4) is 11.5 Å². The lowest BCUT2D eigenvalue weighted by atomic mass is 9.99. The highest BCUT2D eigenvalue weighted by atomic mass is 16.5. The van der Waals surface area contributed by atoms with Gasteiger partial charge in [0.25, 0.3) is 5.91 Å². The van der Waals surface area contributed by atoms with Crippen molar-refractivity contribution in [2.24, 2.45) is 0 Å². The number of hydrogen-bond donors (Lipinski definition) is 2. The van der Waals surface area contributed by atoms with E-state index in [-0.39, 0.29) is 11.8 Å². The molecule has 33 heavy (non-hydrogen) atoms. The Morgan fingerprint density at radius 2 is 1.67 bits per heavy atom. The van der Waals surface area contributed by atoms with E-state index in [1.54, 1.807) is 37.1 Å². The van der Waals surface area contributed by atoms with Gasteiger partial charge in [0.2, 0.25) is 12.3 Å². The van der Waals surface area contributed by atoms with Gasteiger partial charge in [0, 0.05) is 16.7 Å². The summed E-state index contributed by atoms with van der Waals surface area (Å²) in [6, 6.07) is 21.1. The van der Waals surface area contributed by atoms with Crippen molar-refractivity contribution in [2.45, 2.75) is 19.0 Å². The summed E-state index contributed by atoms with van der Waals surface area (Å²) in [5.41, 5.74) is 6.14. The fourth-order valence-corrected chi connectivity index (χ4v) is 3.85. The summed E-state index contributed by atoms with van der Waals surface area (Å²) in [5, 5.41) is 2.91. The van der Waals surface area contributed by atoms with E-state index < -0.39 is 12.1 Å². The average Bonchev–Trinajstić information content (AvgIpc) is 3.14. The van der Waals surface area contributed by atoms with Crippen LogP contribution in [-0.4, -0.2) is 43.0 Å². The van der Waals surface area contributed by atoms with Gasteiger partial charge in [-0.2, -0.15) is 0 Å². The minimum Gasteiger partial charge on any atom is -0.493 e. The van der Waals surface area contributed by atoms with Gasteiger partial charge in [-0.15, -0.1) is 10.1 Å². The van der Waals surface area contributed by atoms with E-state index in [2.05, 4.69) is 10.7 Å². The second-order valence-corrected chi connectivity index (χ2v) is 7.80. The highest BCUT2D eigenvalue weighted by molar-refractivity contribution is 5.98. The molecule has 4 rings (SSSR count). The van der Waals surface area contributed by atoms with Gasteiger partial charge in [0.05, 0.1) is 14.2 Å². The van der Waals surface area contributed by atoms with Crippen molar-refractivity contribution >= 4 is 18.0 Å². The summed E-state index contributed by atoms with van der Waals surface area (Å²) in [5.74, 6) is 0.602. The highest BCUT2D eigenvalue weighted by Crippen LogP contribution is 2.28. The van der Waals surface area contributed by atoms with E-state index in [4.69, 9.17) is 9.47 Å². The van der Waals surface area contributed by atoms with E-state index in [9.17, 15) is 9.59 Å². The summed E-state index contributed by atoms with van der Waals surface area (Å²) < 4.78 is 12.4. The number of carbonyl (C=O) groups excluding carboxylic acids is 2. The van der Waals surface area contributed by atoms with Crippen molar-refractivity contribution in [2.75, 3.05) is 14.2 Å². The van der Waals surface area contributed by atoms with Gasteiger partial charge in [-0.3, -0.25) is 9.59 Å². The molecule has 1 fully saturated rings. The second-order valence-electron chi connectivity index (χ2n) is 7.80. The number of hydrazine groups is 1. The molecule has 0 bridgehead atoms. The van der Waals surface area contributed by atoms with Crippen LogP contribution in [0.25, 0.3) is 0 Å². The molecule has 168 valence electrons. The molecule has 0 aromatic heterocycles. The van der Waals surface area contributed by atoms with E-state index in [1.165, 1.54) is 0 Å². The first-order chi connectivity index (χ1) is 16.0. The zero-order chi connectivity index (χ0) is 23.4. The van der Waals surface area contributed by atoms with Crippen molar-refractivity contribution in [3.05, 3.63) is 95.1 Å². The second kappa shape index (κ2) is 9.56. The number of benzene rings is 3. The molecular weight excluding hydrogens is 418 g/mol. The molecule has 0 aliphatic carbocycles. The third-order valence-electron chi connectivity index (χ3n) is 5.57. The SMILES string of the molecule is COc1ccc(/C=[N+]2\NC(=O)[C@@H](NC(=O)c3ccc(C)cc3)[C@H]2c2ccccc2)cc1OC. The Morgan fingerprint density at radius 3 is 2.33 bits per heavy atom. The van der Waals surface area contributed by atoms with Crippen molar-refractivity contribution in [3.63, 3.8) is 0 Å². The molecule has 2 atom stereocenters. The number of carbonyl (C=O) groups is 2. The molecule has 1 aliphatic rings. The van der Waals surface area contributed by atoms with Crippen LogP contribution >= 0.6 is 0 Å². The van der Waals surface area contributed by atoms with Crippen molar-refractivity contribution < 1.29 is 23.7 Å². The molecule has 3 aromatic carbocycles. The van der Waals surface area contributed by atoms with Crippen LogP contribution in [0.1, 0.15) is 33.1 Å². The van der Waals surface area contributed by atoms with E-state index >= 15 is 0 Å². The van der Waals surface area contributed by atoms with Crippen LogP contribution in [0.2, 0.25) is 0 Å². The van der Waals surface area contributed by atoms with Crippen molar-refractivity contribution in [1.29, 1.82) is 0 Å². The maximum atomic E-state index is 13.0. The first-order valence-electron chi connectivity index (χ1n) is 10.6. The molecule has 7 nitrogen and oxygen atoms in total. The van der Waals surface area contributed by atoms with Gasteiger partial charge < -0.3 is 14.8 Å². The maximum Gasteiger partial charge on any atom is 0.304 e. The summed E-state index contributed by atoms with van der Waals surface area (Å²) >= 11 is 0. The molecule has 1 aliphatic heterocycles. The molecule has 2 N–H and O–H groups in total. The molecule has 1 saturated heterocycles. The first-order valence-corrected chi connectivity index (χ1v) is 10.6. The zero-order valence-corrected chi connectivity index (χ0v) is 18.7. The van der Waals surface area contributed by atoms with Crippen molar-refractivity contribution in [1.82, 2.24) is 10.7 Å². The van der Waals surface area contributed by atoms with Crippen LogP contribution in [0.4, 0.5) is 0 Å². The van der Waals surface area contributed by atoms with Crippen LogP contribution in [0.15, 0.2) is 72.8 Å². The van der Waals surface area contributed by atoms with Gasteiger partial charge in [0.1, 0.15) is 0 Å². The molecule has 0 spiro atoms. The molecule has 2 amide bonds. The van der Waals surface area contributed by atoms with Crippen LogP contribution in [0.3, 0.4) is 0 Å². The molecule has 0 unspecified atom stereocenters. The van der Waals surface area contributed by atoms with E-state index in [1.807, 2.05) is 67.7 Å². The van der Waals surface area contributed by atoms with Gasteiger partial charge in [-0.1, -0.05) is 48.0 Å². The number of amides is 2. The van der Waals surface area contributed by atoms with E-state index in [0.29, 0.717) is 17.1 Å². The molecule has 1 heterocycles. The topological polar surface area (TPSA) is 79.7 Å². The van der Waals surface area contributed by atoms with Gasteiger partial charge in [0.15, 0.2) is 17.5 Å². The zero-order valence-electron chi connectivity index (χ0n) is 18.7. The molecule has 0 saturated carbocycles. The smallest absolute Gasteiger partial charge is 0.304 e. The number of ether oxygens (including phenoxy) is 2. The Bertz CT molecular complexity index is 1190. The number of hydrazone groups is 1. The summed E-state index contributed by atoms with van der Waals surface area (Å²) in [7, 11) is 3.15. The minimum atomic E-state index is -0.780. The summed E-state index contributed by atoms with van der Waals surface area (Å²) in [6.45, 7) is 1.96. The monoisotopic (exact) mass is 444 g/mol. The molecular formula is C26H26N3O4+. The quantitative estimate of drug-likeness (QED) is 0.573. The minimum absolute atomic E-state index is 0.291. The predicted octanol–water partition coefficient (Wildman–Crippen LogP) is 3.03. The Hall–Kier alpha value is -4.13. The predicted molar refractivity (Wildman–Crippen MR) is 125 cm³/mol. The fourth-order valence-electron chi connectivity index (χ4n) is 3.85. The number of methoxy groups -OCH3 is 2. The lowest BCUT2D eigenvalue weighted by molar-refractivity contribution is -0.596. The third kappa shape index (κ3) is 4.72. The molecule has 7 heteroatoms. The number of nitrogens with zero attached hydrogens (tertiary/aromatic N) is 1. The summed E-state index contributed by atoms with van der Waals surface area (Å²) in [6.07, 6.45) is 1.82. The lowest BCUT2D eigenvalue weighted by Gasteiger charge is -2.15. The Labute approximate surface area is 192 Å². The Morgan fingerprint density at radius 1 is 0.970 bits per heavy atom. The summed E-state index contributed by atoms with van der Waals surface area (Å²) in [4.78, 5) is 25.9. The Balaban J connectivity index is 1.69. The number of aryl methyl sites for hydroxylation is 1.